The molecule has 3 heterocycles. The third kappa shape index (κ3) is 3.92. The first kappa shape index (κ1) is 19.6. The van der Waals surface area contributed by atoms with Gasteiger partial charge in [-0.05, 0) is 18.4 Å². The van der Waals surface area contributed by atoms with E-state index in [2.05, 4.69) is 33.3 Å². The van der Waals surface area contributed by atoms with E-state index in [1.165, 1.54) is 0 Å². The third-order valence-electron chi connectivity index (χ3n) is 6.12. The fourth-order valence-corrected chi connectivity index (χ4v) is 4.29. The van der Waals surface area contributed by atoms with Crippen molar-refractivity contribution in [2.75, 3.05) is 63.3 Å². The van der Waals surface area contributed by atoms with Crippen LogP contribution in [-0.2, 0) is 14.9 Å². The van der Waals surface area contributed by atoms with Gasteiger partial charge < -0.3 is 19.4 Å². The van der Waals surface area contributed by atoms with E-state index in [-0.39, 0.29) is 5.91 Å². The van der Waals surface area contributed by atoms with Crippen molar-refractivity contribution >= 4 is 17.4 Å². The van der Waals surface area contributed by atoms with E-state index < -0.39 is 5.41 Å². The molecular formula is C22H29N5O2. The standard InChI is InChI=1S/C22H29N5O2/c1-25(2)19-16-20(24-23-17-19)26-10-12-27(13-11-26)21(28)22(8-14-29-15-9-22)18-6-4-3-5-7-18/h3-7,16-17H,8-15H2,1-2H3. The smallest absolute Gasteiger partial charge is 0.233 e. The Morgan fingerprint density at radius 1 is 1.07 bits per heavy atom. The first-order valence-corrected chi connectivity index (χ1v) is 10.3. The maximum atomic E-state index is 13.7. The molecule has 1 aromatic heterocycles. The second-order valence-electron chi connectivity index (χ2n) is 8.01. The number of benzene rings is 1. The Balaban J connectivity index is 1.48. The number of anilines is 2. The van der Waals surface area contributed by atoms with Crippen LogP contribution in [0.4, 0.5) is 11.5 Å². The van der Waals surface area contributed by atoms with Gasteiger partial charge >= 0.3 is 0 Å². The van der Waals surface area contributed by atoms with Gasteiger partial charge in [-0.15, -0.1) is 5.10 Å². The summed E-state index contributed by atoms with van der Waals surface area (Å²) in [5.74, 6) is 1.10. The molecule has 2 saturated heterocycles. The summed E-state index contributed by atoms with van der Waals surface area (Å²) in [6, 6.07) is 12.3. The minimum absolute atomic E-state index is 0.236. The number of nitrogens with zero attached hydrogens (tertiary/aromatic N) is 5. The molecule has 0 N–H and O–H groups in total. The van der Waals surface area contributed by atoms with Crippen LogP contribution in [0.15, 0.2) is 42.6 Å². The molecular weight excluding hydrogens is 366 g/mol. The predicted molar refractivity (Wildman–Crippen MR) is 113 cm³/mol. The molecule has 0 unspecified atom stereocenters. The Morgan fingerprint density at radius 2 is 1.76 bits per heavy atom. The summed E-state index contributed by atoms with van der Waals surface area (Å²) in [4.78, 5) is 19.9. The fraction of sp³-hybridized carbons (Fsp3) is 0.500. The molecule has 0 spiro atoms. The summed E-state index contributed by atoms with van der Waals surface area (Å²) in [5, 5.41) is 8.43. The number of carbonyl (C=O) groups excluding carboxylic acids is 1. The molecule has 4 rings (SSSR count). The molecule has 2 aromatic rings. The summed E-state index contributed by atoms with van der Waals surface area (Å²) < 4.78 is 5.59. The predicted octanol–water partition coefficient (Wildman–Crippen LogP) is 1.94. The summed E-state index contributed by atoms with van der Waals surface area (Å²) in [6.45, 7) is 4.18. The first-order chi connectivity index (χ1) is 14.1. The molecule has 7 heteroatoms. The zero-order valence-corrected chi connectivity index (χ0v) is 17.3. The van der Waals surface area contributed by atoms with Crippen molar-refractivity contribution in [3.63, 3.8) is 0 Å². The van der Waals surface area contributed by atoms with Crippen molar-refractivity contribution in [2.24, 2.45) is 0 Å². The molecule has 0 atom stereocenters. The van der Waals surface area contributed by atoms with Gasteiger partial charge in [0.2, 0.25) is 5.91 Å². The normalized spacial score (nSPS) is 19.1. The van der Waals surface area contributed by atoms with Crippen LogP contribution in [0, 0.1) is 0 Å². The van der Waals surface area contributed by atoms with Gasteiger partial charge in [-0.25, -0.2) is 0 Å². The van der Waals surface area contributed by atoms with Crippen molar-refractivity contribution in [1.82, 2.24) is 15.1 Å². The van der Waals surface area contributed by atoms with E-state index in [4.69, 9.17) is 4.74 Å². The average Bonchev–Trinajstić information content (AvgIpc) is 2.80. The Hall–Kier alpha value is -2.67. The van der Waals surface area contributed by atoms with E-state index in [1.54, 1.807) is 6.20 Å². The SMILES string of the molecule is CN(C)c1cnnc(N2CCN(C(=O)C3(c4ccccc4)CCOCC3)CC2)c1. The number of aromatic nitrogens is 2. The lowest BCUT2D eigenvalue weighted by Gasteiger charge is -2.43. The molecule has 7 nitrogen and oxygen atoms in total. The van der Waals surface area contributed by atoms with Crippen LogP contribution in [-0.4, -0.2) is 74.5 Å². The highest BCUT2D eigenvalue weighted by Gasteiger charge is 2.44. The quantitative estimate of drug-likeness (QED) is 0.789. The molecule has 2 aliphatic heterocycles. The molecule has 1 amide bonds. The molecule has 29 heavy (non-hydrogen) atoms. The summed E-state index contributed by atoms with van der Waals surface area (Å²) in [6.07, 6.45) is 3.25. The van der Waals surface area contributed by atoms with Gasteiger partial charge in [-0.1, -0.05) is 30.3 Å². The number of carbonyl (C=O) groups is 1. The van der Waals surface area contributed by atoms with Crippen LogP contribution in [0.1, 0.15) is 18.4 Å². The van der Waals surface area contributed by atoms with Gasteiger partial charge in [0.15, 0.2) is 5.82 Å². The van der Waals surface area contributed by atoms with Gasteiger partial charge in [-0.2, -0.15) is 5.10 Å². The summed E-state index contributed by atoms with van der Waals surface area (Å²) in [5.41, 5.74) is 1.67. The maximum absolute atomic E-state index is 13.7. The average molecular weight is 396 g/mol. The molecule has 1 aromatic carbocycles. The van der Waals surface area contributed by atoms with Gasteiger partial charge in [0, 0.05) is 59.6 Å². The largest absolute Gasteiger partial charge is 0.381 e. The molecule has 154 valence electrons. The molecule has 0 bridgehead atoms. The van der Waals surface area contributed by atoms with Crippen LogP contribution < -0.4 is 9.80 Å². The van der Waals surface area contributed by atoms with E-state index in [9.17, 15) is 4.79 Å². The molecule has 0 saturated carbocycles. The van der Waals surface area contributed by atoms with Crippen LogP contribution in [0.2, 0.25) is 0 Å². The molecule has 2 aliphatic rings. The van der Waals surface area contributed by atoms with Crippen molar-refractivity contribution in [3.05, 3.63) is 48.2 Å². The van der Waals surface area contributed by atoms with Crippen molar-refractivity contribution in [1.29, 1.82) is 0 Å². The lowest BCUT2D eigenvalue weighted by atomic mass is 9.73. The van der Waals surface area contributed by atoms with Crippen molar-refractivity contribution < 1.29 is 9.53 Å². The van der Waals surface area contributed by atoms with Gasteiger partial charge in [0.05, 0.1) is 17.3 Å². The number of rotatable bonds is 4. The maximum Gasteiger partial charge on any atom is 0.233 e. The third-order valence-corrected chi connectivity index (χ3v) is 6.12. The molecule has 0 aliphatic carbocycles. The monoisotopic (exact) mass is 395 g/mol. The van der Waals surface area contributed by atoms with E-state index >= 15 is 0 Å². The molecule has 0 radical (unpaired) electrons. The highest BCUT2D eigenvalue weighted by molar-refractivity contribution is 5.88. The number of piperazine rings is 1. The Kier molecular flexibility index (Phi) is 5.67. The van der Waals surface area contributed by atoms with E-state index in [0.29, 0.717) is 26.3 Å². The van der Waals surface area contributed by atoms with Gasteiger partial charge in [0.1, 0.15) is 0 Å². The van der Waals surface area contributed by atoms with Crippen LogP contribution in [0.3, 0.4) is 0 Å². The Morgan fingerprint density at radius 3 is 2.41 bits per heavy atom. The second kappa shape index (κ2) is 8.37. The highest BCUT2D eigenvalue weighted by atomic mass is 16.5. The number of hydrogen-bond donors (Lipinski definition) is 0. The van der Waals surface area contributed by atoms with Crippen molar-refractivity contribution in [2.45, 2.75) is 18.3 Å². The minimum atomic E-state index is -0.466. The lowest BCUT2D eigenvalue weighted by molar-refractivity contribution is -0.141. The second-order valence-corrected chi connectivity index (χ2v) is 8.01. The zero-order valence-electron chi connectivity index (χ0n) is 17.3. The van der Waals surface area contributed by atoms with E-state index in [1.807, 2.05) is 42.1 Å². The number of ether oxygens (including phenoxy) is 1. The fourth-order valence-electron chi connectivity index (χ4n) is 4.29. The lowest BCUT2D eigenvalue weighted by Crippen LogP contribution is -2.56. The highest BCUT2D eigenvalue weighted by Crippen LogP contribution is 2.37. The Labute approximate surface area is 172 Å². The summed E-state index contributed by atoms with van der Waals surface area (Å²) in [7, 11) is 3.99. The van der Waals surface area contributed by atoms with E-state index in [0.717, 1.165) is 43.0 Å². The number of amides is 1. The summed E-state index contributed by atoms with van der Waals surface area (Å²) >= 11 is 0. The number of hydrogen-bond acceptors (Lipinski definition) is 6. The molecule has 2 fully saturated rings. The van der Waals surface area contributed by atoms with Crippen LogP contribution in [0.25, 0.3) is 0 Å². The Bertz CT molecular complexity index is 828. The van der Waals surface area contributed by atoms with Gasteiger partial charge in [0.25, 0.3) is 0 Å². The zero-order chi connectivity index (χ0) is 20.3. The van der Waals surface area contributed by atoms with Crippen LogP contribution >= 0.6 is 0 Å². The first-order valence-electron chi connectivity index (χ1n) is 10.3. The van der Waals surface area contributed by atoms with Crippen molar-refractivity contribution in [3.8, 4) is 0 Å². The van der Waals surface area contributed by atoms with Gasteiger partial charge in [-0.3, -0.25) is 4.79 Å². The van der Waals surface area contributed by atoms with Crippen LogP contribution in [0.5, 0.6) is 0 Å². The minimum Gasteiger partial charge on any atom is -0.381 e. The topological polar surface area (TPSA) is 61.8 Å².